The molecule has 6 heteroatoms. The van der Waals surface area contributed by atoms with E-state index in [1.165, 1.54) is 6.42 Å². The number of aryl methyl sites for hydroxylation is 1. The Morgan fingerprint density at radius 1 is 1.13 bits per heavy atom. The van der Waals surface area contributed by atoms with Crippen molar-refractivity contribution in [3.05, 3.63) is 36.5 Å². The predicted octanol–water partition coefficient (Wildman–Crippen LogP) is 3.04. The molecule has 1 aromatic heterocycles. The minimum atomic E-state index is -3.55. The van der Waals surface area contributed by atoms with Crippen molar-refractivity contribution in [1.82, 2.24) is 14.1 Å². The van der Waals surface area contributed by atoms with E-state index in [1.54, 1.807) is 29.3 Å². The Kier molecular flexibility index (Phi) is 4.55. The third kappa shape index (κ3) is 3.19. The van der Waals surface area contributed by atoms with Crippen molar-refractivity contribution in [2.75, 3.05) is 7.05 Å². The van der Waals surface area contributed by atoms with Crippen LogP contribution in [0.4, 0.5) is 0 Å². The van der Waals surface area contributed by atoms with Gasteiger partial charge in [-0.25, -0.2) is 8.42 Å². The molecular weight excluding hydrogens is 310 g/mol. The molecule has 0 bridgehead atoms. The number of benzene rings is 1. The molecule has 0 N–H and O–H groups in total. The summed E-state index contributed by atoms with van der Waals surface area (Å²) in [4.78, 5) is 0.291. The first kappa shape index (κ1) is 16.2. The van der Waals surface area contributed by atoms with Crippen LogP contribution in [-0.4, -0.2) is 35.6 Å². The average molecular weight is 333 g/mol. The van der Waals surface area contributed by atoms with Gasteiger partial charge in [0.1, 0.15) is 10.6 Å². The molecule has 5 nitrogen and oxygen atoms in total. The molecule has 1 aromatic carbocycles. The smallest absolute Gasteiger partial charge is 0.246 e. The van der Waals surface area contributed by atoms with Gasteiger partial charge in [0.15, 0.2) is 0 Å². The molecule has 0 saturated heterocycles. The monoisotopic (exact) mass is 333 g/mol. The van der Waals surface area contributed by atoms with E-state index in [1.807, 2.05) is 30.3 Å². The van der Waals surface area contributed by atoms with Gasteiger partial charge in [-0.15, -0.1) is 0 Å². The minimum absolute atomic E-state index is 0.0950. The second kappa shape index (κ2) is 6.45. The summed E-state index contributed by atoms with van der Waals surface area (Å²) in [6.45, 7) is 0. The first-order valence-electron chi connectivity index (χ1n) is 8.07. The van der Waals surface area contributed by atoms with Crippen LogP contribution in [0.25, 0.3) is 11.3 Å². The van der Waals surface area contributed by atoms with Gasteiger partial charge in [0.2, 0.25) is 10.0 Å². The lowest BCUT2D eigenvalue weighted by Crippen LogP contribution is -2.38. The number of rotatable bonds is 4. The standard InChI is InChI=1S/C17H23N3O2S/c1-19-13-16(17(18-19)14-9-5-3-6-10-14)23(21,22)20(2)15-11-7-4-8-12-15/h3,5-6,9-10,13,15H,4,7-8,11-12H2,1-2H3. The zero-order chi connectivity index (χ0) is 16.4. The van der Waals surface area contributed by atoms with Crippen LogP contribution in [0.2, 0.25) is 0 Å². The Morgan fingerprint density at radius 3 is 2.43 bits per heavy atom. The lowest BCUT2D eigenvalue weighted by atomic mass is 9.96. The van der Waals surface area contributed by atoms with Crippen LogP contribution in [0.5, 0.6) is 0 Å². The number of sulfonamides is 1. The normalized spacial score (nSPS) is 16.8. The molecule has 3 rings (SSSR count). The van der Waals surface area contributed by atoms with Crippen molar-refractivity contribution in [2.45, 2.75) is 43.0 Å². The van der Waals surface area contributed by atoms with Crippen molar-refractivity contribution in [3.8, 4) is 11.3 Å². The third-order valence-corrected chi connectivity index (χ3v) is 6.50. The molecule has 0 atom stereocenters. The highest BCUT2D eigenvalue weighted by molar-refractivity contribution is 7.89. The zero-order valence-electron chi connectivity index (χ0n) is 13.6. The molecule has 0 aliphatic heterocycles. The van der Waals surface area contributed by atoms with E-state index in [-0.39, 0.29) is 6.04 Å². The number of hydrogen-bond donors (Lipinski definition) is 0. The van der Waals surface area contributed by atoms with Gasteiger partial charge in [-0.1, -0.05) is 49.6 Å². The van der Waals surface area contributed by atoms with Crippen molar-refractivity contribution in [1.29, 1.82) is 0 Å². The van der Waals surface area contributed by atoms with E-state index in [0.717, 1.165) is 31.2 Å². The van der Waals surface area contributed by atoms with Gasteiger partial charge < -0.3 is 0 Å². The summed E-state index contributed by atoms with van der Waals surface area (Å²) in [5, 5.41) is 4.39. The van der Waals surface area contributed by atoms with Crippen LogP contribution >= 0.6 is 0 Å². The van der Waals surface area contributed by atoms with Crippen LogP contribution in [0.15, 0.2) is 41.4 Å². The molecule has 1 aliphatic carbocycles. The van der Waals surface area contributed by atoms with Crippen molar-refractivity contribution in [3.63, 3.8) is 0 Å². The molecule has 23 heavy (non-hydrogen) atoms. The van der Waals surface area contributed by atoms with Crippen molar-refractivity contribution < 1.29 is 8.42 Å². The summed E-state index contributed by atoms with van der Waals surface area (Å²) >= 11 is 0. The molecule has 1 heterocycles. The van der Waals surface area contributed by atoms with Gasteiger partial charge in [-0.05, 0) is 12.8 Å². The van der Waals surface area contributed by atoms with E-state index < -0.39 is 10.0 Å². The van der Waals surface area contributed by atoms with E-state index in [9.17, 15) is 8.42 Å². The van der Waals surface area contributed by atoms with E-state index in [2.05, 4.69) is 5.10 Å². The number of hydrogen-bond acceptors (Lipinski definition) is 3. The number of aromatic nitrogens is 2. The highest BCUT2D eigenvalue weighted by Gasteiger charge is 2.32. The fraction of sp³-hybridized carbons (Fsp3) is 0.471. The summed E-state index contributed by atoms with van der Waals surface area (Å²) in [6, 6.07) is 9.58. The molecular formula is C17H23N3O2S. The third-order valence-electron chi connectivity index (χ3n) is 4.59. The number of nitrogens with zero attached hydrogens (tertiary/aromatic N) is 3. The second-order valence-electron chi connectivity index (χ2n) is 6.19. The maximum atomic E-state index is 13.1. The van der Waals surface area contributed by atoms with Gasteiger partial charge >= 0.3 is 0 Å². The van der Waals surface area contributed by atoms with E-state index in [0.29, 0.717) is 10.6 Å². The first-order chi connectivity index (χ1) is 11.0. The fourth-order valence-electron chi connectivity index (χ4n) is 3.25. The summed E-state index contributed by atoms with van der Waals surface area (Å²) < 4.78 is 29.3. The summed E-state index contributed by atoms with van der Waals surface area (Å²) in [5.74, 6) is 0. The Bertz CT molecular complexity index is 762. The Morgan fingerprint density at radius 2 is 1.78 bits per heavy atom. The maximum absolute atomic E-state index is 13.1. The largest absolute Gasteiger partial charge is 0.274 e. The molecule has 0 spiro atoms. The van der Waals surface area contributed by atoms with Crippen LogP contribution < -0.4 is 0 Å². The Hall–Kier alpha value is -1.66. The van der Waals surface area contributed by atoms with Crippen LogP contribution in [-0.2, 0) is 17.1 Å². The molecule has 1 fully saturated rings. The fourth-order valence-corrected chi connectivity index (χ4v) is 4.85. The predicted molar refractivity (Wildman–Crippen MR) is 90.5 cm³/mol. The van der Waals surface area contributed by atoms with Crippen LogP contribution in [0.3, 0.4) is 0 Å². The van der Waals surface area contributed by atoms with Gasteiger partial charge in [0.05, 0.1) is 0 Å². The Labute approximate surface area is 138 Å². The molecule has 0 amide bonds. The summed E-state index contributed by atoms with van der Waals surface area (Å²) in [7, 11) is -0.0891. The summed E-state index contributed by atoms with van der Waals surface area (Å²) in [6.07, 6.45) is 6.89. The van der Waals surface area contributed by atoms with Gasteiger partial charge in [0, 0.05) is 31.9 Å². The second-order valence-corrected chi connectivity index (χ2v) is 8.16. The van der Waals surface area contributed by atoms with Crippen molar-refractivity contribution >= 4 is 10.0 Å². The molecule has 1 saturated carbocycles. The molecule has 124 valence electrons. The SMILES string of the molecule is CN(C1CCCCC1)S(=O)(=O)c1cn(C)nc1-c1ccccc1. The van der Waals surface area contributed by atoms with Crippen LogP contribution in [0, 0.1) is 0 Å². The van der Waals surface area contributed by atoms with Gasteiger partial charge in [0.25, 0.3) is 0 Å². The molecule has 0 unspecified atom stereocenters. The zero-order valence-corrected chi connectivity index (χ0v) is 14.5. The highest BCUT2D eigenvalue weighted by Crippen LogP contribution is 2.31. The van der Waals surface area contributed by atoms with E-state index >= 15 is 0 Å². The minimum Gasteiger partial charge on any atom is -0.274 e. The molecule has 0 radical (unpaired) electrons. The quantitative estimate of drug-likeness (QED) is 0.864. The van der Waals surface area contributed by atoms with Gasteiger partial charge in [-0.3, -0.25) is 4.68 Å². The lowest BCUT2D eigenvalue weighted by molar-refractivity contribution is 0.286. The molecule has 2 aromatic rings. The highest BCUT2D eigenvalue weighted by atomic mass is 32.2. The van der Waals surface area contributed by atoms with Gasteiger partial charge in [-0.2, -0.15) is 9.40 Å². The lowest BCUT2D eigenvalue weighted by Gasteiger charge is -2.30. The van der Waals surface area contributed by atoms with Crippen molar-refractivity contribution in [2.24, 2.45) is 7.05 Å². The van der Waals surface area contributed by atoms with Crippen LogP contribution in [0.1, 0.15) is 32.1 Å². The topological polar surface area (TPSA) is 55.2 Å². The first-order valence-corrected chi connectivity index (χ1v) is 9.51. The Balaban J connectivity index is 2.00. The average Bonchev–Trinajstić information content (AvgIpc) is 2.98. The summed E-state index contributed by atoms with van der Waals surface area (Å²) in [5.41, 5.74) is 1.35. The maximum Gasteiger partial charge on any atom is 0.246 e. The van der Waals surface area contributed by atoms with E-state index in [4.69, 9.17) is 0 Å². The molecule has 1 aliphatic rings.